The van der Waals surface area contributed by atoms with Crippen LogP contribution in [0.1, 0.15) is 78.7 Å². The summed E-state index contributed by atoms with van der Waals surface area (Å²) in [5, 5.41) is 26.8. The van der Waals surface area contributed by atoms with Gasteiger partial charge in [-0.1, -0.05) is 63.1 Å². The van der Waals surface area contributed by atoms with E-state index >= 15 is 0 Å². The van der Waals surface area contributed by atoms with E-state index in [0.717, 1.165) is 25.7 Å². The number of aliphatic hydroxyl groups excluding tert-OH is 2. The minimum atomic E-state index is -1.11. The molecule has 0 bridgehead atoms. The number of carbonyl (C=O) groups excluding carboxylic acids is 2. The van der Waals surface area contributed by atoms with Gasteiger partial charge in [-0.2, -0.15) is 0 Å². The zero-order chi connectivity index (χ0) is 26.4. The van der Waals surface area contributed by atoms with Crippen molar-refractivity contribution in [1.82, 2.24) is 10.6 Å². The van der Waals surface area contributed by atoms with Crippen LogP contribution in [0.3, 0.4) is 0 Å². The Balaban J connectivity index is 2.78. The predicted molar refractivity (Wildman–Crippen MR) is 140 cm³/mol. The predicted octanol–water partition coefficient (Wildman–Crippen LogP) is 4.51. The van der Waals surface area contributed by atoms with E-state index in [-0.39, 0.29) is 12.3 Å². The molecule has 0 fully saturated rings. The number of benzene rings is 1. The second kappa shape index (κ2) is 15.6. The summed E-state index contributed by atoms with van der Waals surface area (Å²) in [4.78, 5) is 25.3. The molecule has 4 atom stereocenters. The van der Waals surface area contributed by atoms with E-state index in [1.807, 2.05) is 32.0 Å². The lowest BCUT2D eigenvalue weighted by Crippen LogP contribution is -2.55. The zero-order valence-corrected chi connectivity index (χ0v) is 22.1. The third-order valence-electron chi connectivity index (χ3n) is 5.58. The third-order valence-corrected chi connectivity index (χ3v) is 5.58. The number of carbonyl (C=O) groups is 2. The van der Waals surface area contributed by atoms with Crippen molar-refractivity contribution in [3.63, 3.8) is 0 Å². The van der Waals surface area contributed by atoms with E-state index in [1.165, 1.54) is 5.56 Å². The Bertz CT molecular complexity index is 760. The summed E-state index contributed by atoms with van der Waals surface area (Å²) >= 11 is 0. The average molecular weight is 491 g/mol. The molecule has 0 saturated heterocycles. The first-order valence-electron chi connectivity index (χ1n) is 12.7. The van der Waals surface area contributed by atoms with Crippen LogP contribution >= 0.6 is 0 Å². The van der Waals surface area contributed by atoms with E-state index in [9.17, 15) is 19.8 Å². The van der Waals surface area contributed by atoms with Crippen LogP contribution in [-0.4, -0.2) is 52.1 Å². The number of rotatable bonds is 15. The maximum atomic E-state index is 13.0. The first-order chi connectivity index (χ1) is 16.4. The van der Waals surface area contributed by atoms with Gasteiger partial charge in [-0.3, -0.25) is 4.79 Å². The number of aryl methyl sites for hydroxylation is 1. The number of hydrogen-bond acceptors (Lipinski definition) is 5. The van der Waals surface area contributed by atoms with Crippen molar-refractivity contribution >= 4 is 12.0 Å². The highest BCUT2D eigenvalue weighted by Gasteiger charge is 2.31. The van der Waals surface area contributed by atoms with Gasteiger partial charge in [0.1, 0.15) is 11.6 Å². The van der Waals surface area contributed by atoms with Crippen LogP contribution in [0.25, 0.3) is 0 Å². The summed E-state index contributed by atoms with van der Waals surface area (Å²) in [6.07, 6.45) is 3.61. The van der Waals surface area contributed by atoms with Crippen molar-refractivity contribution in [3.05, 3.63) is 48.6 Å². The molecule has 198 valence electrons. The number of ether oxygens (including phenoxy) is 1. The summed E-state index contributed by atoms with van der Waals surface area (Å²) in [5.41, 5.74) is 0.587. The van der Waals surface area contributed by atoms with Gasteiger partial charge in [-0.05, 0) is 64.4 Å². The Labute approximate surface area is 211 Å². The van der Waals surface area contributed by atoms with Crippen molar-refractivity contribution in [1.29, 1.82) is 0 Å². The topological polar surface area (TPSA) is 108 Å². The fraction of sp³-hybridized carbons (Fsp3) is 0.643. The number of aliphatic hydroxyl groups is 2. The standard InChI is InChI=1S/C28H46N2O5/c1-7-14-23(30-27(34)35-28(4,5)6)26(33)29-22(25(32)24(31)19-20(2)3)18-13-9-12-17-21-15-10-8-11-16-21/h7-8,10-11,15-16,20,22-25,31-32H,1,9,12-14,17-19H2,2-6H3,(H,29,33)(H,30,34)/t22-,23-,24-,25+/m0/s1. The Morgan fingerprint density at radius 1 is 1.06 bits per heavy atom. The quantitative estimate of drug-likeness (QED) is 0.214. The SMILES string of the molecule is C=CC[C@H](NC(=O)OC(C)(C)C)C(=O)N[C@@H](CCCCCc1ccccc1)[C@@H](O)[C@@H](O)CC(C)C. The molecule has 0 aromatic heterocycles. The van der Waals surface area contributed by atoms with E-state index < -0.39 is 41.9 Å². The zero-order valence-electron chi connectivity index (χ0n) is 22.1. The van der Waals surface area contributed by atoms with Crippen molar-refractivity contribution in [2.24, 2.45) is 5.92 Å². The largest absolute Gasteiger partial charge is 0.444 e. The van der Waals surface area contributed by atoms with Crippen LogP contribution in [0.15, 0.2) is 43.0 Å². The average Bonchev–Trinajstić information content (AvgIpc) is 2.76. The minimum Gasteiger partial charge on any atom is -0.444 e. The van der Waals surface area contributed by atoms with Gasteiger partial charge in [0, 0.05) is 0 Å². The molecular formula is C28H46N2O5. The Morgan fingerprint density at radius 3 is 2.29 bits per heavy atom. The minimum absolute atomic E-state index is 0.198. The molecule has 35 heavy (non-hydrogen) atoms. The molecule has 0 aliphatic carbocycles. The van der Waals surface area contributed by atoms with E-state index in [4.69, 9.17) is 4.74 Å². The molecule has 2 amide bonds. The molecule has 0 aliphatic heterocycles. The monoisotopic (exact) mass is 490 g/mol. The maximum Gasteiger partial charge on any atom is 0.408 e. The molecule has 7 heteroatoms. The number of amides is 2. The second-order valence-corrected chi connectivity index (χ2v) is 10.6. The number of hydrogen-bond donors (Lipinski definition) is 4. The van der Waals surface area contributed by atoms with Crippen LogP contribution < -0.4 is 10.6 Å². The van der Waals surface area contributed by atoms with Gasteiger partial charge < -0.3 is 25.6 Å². The fourth-order valence-electron chi connectivity index (χ4n) is 3.87. The molecule has 0 heterocycles. The molecule has 0 radical (unpaired) electrons. The summed E-state index contributed by atoms with van der Waals surface area (Å²) < 4.78 is 5.27. The van der Waals surface area contributed by atoms with Crippen LogP contribution in [-0.2, 0) is 16.0 Å². The number of alkyl carbamates (subject to hydrolysis) is 1. The maximum absolute atomic E-state index is 13.0. The van der Waals surface area contributed by atoms with Crippen LogP contribution in [0, 0.1) is 5.92 Å². The molecular weight excluding hydrogens is 444 g/mol. The molecule has 0 unspecified atom stereocenters. The normalized spacial score (nSPS) is 15.1. The highest BCUT2D eigenvalue weighted by atomic mass is 16.6. The smallest absolute Gasteiger partial charge is 0.408 e. The van der Waals surface area contributed by atoms with E-state index in [0.29, 0.717) is 12.8 Å². The van der Waals surface area contributed by atoms with E-state index in [2.05, 4.69) is 29.3 Å². The van der Waals surface area contributed by atoms with Crippen LogP contribution in [0.5, 0.6) is 0 Å². The summed E-state index contributed by atoms with van der Waals surface area (Å²) in [6, 6.07) is 8.73. The van der Waals surface area contributed by atoms with Gasteiger partial charge in [-0.15, -0.1) is 6.58 Å². The Kier molecular flexibility index (Phi) is 13.6. The Morgan fingerprint density at radius 2 is 1.71 bits per heavy atom. The van der Waals surface area contributed by atoms with Crippen LogP contribution in [0.4, 0.5) is 4.79 Å². The van der Waals surface area contributed by atoms with Crippen LogP contribution in [0.2, 0.25) is 0 Å². The summed E-state index contributed by atoms with van der Waals surface area (Å²) in [5.74, 6) is -0.245. The van der Waals surface area contributed by atoms with Gasteiger partial charge in [0.05, 0.1) is 18.2 Å². The lowest BCUT2D eigenvalue weighted by Gasteiger charge is -2.30. The van der Waals surface area contributed by atoms with E-state index in [1.54, 1.807) is 26.8 Å². The number of nitrogens with one attached hydrogen (secondary N) is 2. The van der Waals surface area contributed by atoms with Gasteiger partial charge in [-0.25, -0.2) is 4.79 Å². The molecule has 1 aromatic carbocycles. The van der Waals surface area contributed by atoms with Gasteiger partial charge >= 0.3 is 6.09 Å². The lowest BCUT2D eigenvalue weighted by atomic mass is 9.93. The van der Waals surface area contributed by atoms with Gasteiger partial charge in [0.2, 0.25) is 5.91 Å². The first kappa shape index (κ1) is 30.7. The molecule has 1 aromatic rings. The van der Waals surface area contributed by atoms with Crippen molar-refractivity contribution in [3.8, 4) is 0 Å². The Hall–Kier alpha value is -2.38. The molecule has 0 aliphatic rings. The van der Waals surface area contributed by atoms with Gasteiger partial charge in [0.25, 0.3) is 0 Å². The highest BCUT2D eigenvalue weighted by molar-refractivity contribution is 5.86. The first-order valence-corrected chi connectivity index (χ1v) is 12.7. The second-order valence-electron chi connectivity index (χ2n) is 10.6. The third kappa shape index (κ3) is 13.3. The van der Waals surface area contributed by atoms with Crippen molar-refractivity contribution < 1.29 is 24.5 Å². The molecule has 0 spiro atoms. The lowest BCUT2D eigenvalue weighted by molar-refractivity contribution is -0.125. The molecule has 7 nitrogen and oxygen atoms in total. The van der Waals surface area contributed by atoms with Crippen molar-refractivity contribution in [2.75, 3.05) is 0 Å². The summed E-state index contributed by atoms with van der Waals surface area (Å²) in [6.45, 7) is 12.9. The van der Waals surface area contributed by atoms with Gasteiger partial charge in [0.15, 0.2) is 0 Å². The number of unbranched alkanes of at least 4 members (excludes halogenated alkanes) is 2. The summed E-state index contributed by atoms with van der Waals surface area (Å²) in [7, 11) is 0. The fourth-order valence-corrected chi connectivity index (χ4v) is 3.87. The molecule has 0 saturated carbocycles. The molecule has 1 rings (SSSR count). The molecule has 4 N–H and O–H groups in total. The van der Waals surface area contributed by atoms with Crippen molar-refractivity contribution in [2.45, 2.75) is 109 Å². The highest BCUT2D eigenvalue weighted by Crippen LogP contribution is 2.17.